The van der Waals surface area contributed by atoms with Gasteiger partial charge in [-0.2, -0.15) is 0 Å². The molecule has 2 amide bonds. The summed E-state index contributed by atoms with van der Waals surface area (Å²) in [7, 11) is 3.47. The van der Waals surface area contributed by atoms with E-state index in [2.05, 4.69) is 0 Å². The molecule has 24 heavy (non-hydrogen) atoms. The average Bonchev–Trinajstić information content (AvgIpc) is 2.99. The summed E-state index contributed by atoms with van der Waals surface area (Å²) in [5.74, 6) is 0.00929. The maximum atomic E-state index is 12.2. The standard InChI is InChI=1S/C16H22ClN3O3S/c1-18(2)16(23)11-19-7-9-20(10-8-19)15(22)6-3-12(21)13-4-5-14(17)24-13/h4-5H,3,6-11H2,1-2H3. The molecule has 0 unspecified atom stereocenters. The topological polar surface area (TPSA) is 60.9 Å². The number of halogens is 1. The van der Waals surface area contributed by atoms with E-state index >= 15 is 0 Å². The van der Waals surface area contributed by atoms with E-state index in [1.165, 1.54) is 11.3 Å². The third-order valence-electron chi connectivity index (χ3n) is 4.00. The Hall–Kier alpha value is -1.44. The predicted octanol–water partition coefficient (Wildman–Crippen LogP) is 1.60. The van der Waals surface area contributed by atoms with Crippen LogP contribution in [0.4, 0.5) is 0 Å². The molecule has 0 aliphatic carbocycles. The summed E-state index contributed by atoms with van der Waals surface area (Å²) in [6.07, 6.45) is 0.417. The lowest BCUT2D eigenvalue weighted by atomic mass is 10.1. The van der Waals surface area contributed by atoms with Crippen molar-refractivity contribution in [2.75, 3.05) is 46.8 Å². The molecule has 1 saturated heterocycles. The predicted molar refractivity (Wildman–Crippen MR) is 94.6 cm³/mol. The number of amides is 2. The first-order valence-electron chi connectivity index (χ1n) is 7.85. The fraction of sp³-hybridized carbons (Fsp3) is 0.562. The van der Waals surface area contributed by atoms with Crippen molar-refractivity contribution < 1.29 is 14.4 Å². The van der Waals surface area contributed by atoms with Crippen LogP contribution in [-0.2, 0) is 9.59 Å². The second-order valence-electron chi connectivity index (χ2n) is 5.97. The summed E-state index contributed by atoms with van der Waals surface area (Å²) in [4.78, 5) is 41.9. The molecule has 8 heteroatoms. The largest absolute Gasteiger partial charge is 0.348 e. The Labute approximate surface area is 151 Å². The van der Waals surface area contributed by atoms with Crippen molar-refractivity contribution in [2.45, 2.75) is 12.8 Å². The molecule has 132 valence electrons. The number of thiophene rings is 1. The Morgan fingerprint density at radius 2 is 1.79 bits per heavy atom. The second-order valence-corrected chi connectivity index (χ2v) is 7.69. The molecule has 2 heterocycles. The van der Waals surface area contributed by atoms with Crippen LogP contribution in [0.25, 0.3) is 0 Å². The first kappa shape index (κ1) is 18.9. The number of piperazine rings is 1. The number of rotatable bonds is 6. The molecule has 0 bridgehead atoms. The van der Waals surface area contributed by atoms with E-state index in [0.717, 1.165) is 0 Å². The summed E-state index contributed by atoms with van der Waals surface area (Å²) in [6, 6.07) is 3.38. The van der Waals surface area contributed by atoms with E-state index in [-0.39, 0.29) is 30.4 Å². The van der Waals surface area contributed by atoms with Gasteiger partial charge in [0.1, 0.15) is 0 Å². The zero-order valence-electron chi connectivity index (χ0n) is 14.0. The molecule has 0 spiro atoms. The van der Waals surface area contributed by atoms with Gasteiger partial charge in [0.05, 0.1) is 15.8 Å². The molecule has 0 aromatic carbocycles. The molecule has 1 aromatic heterocycles. The van der Waals surface area contributed by atoms with Crippen molar-refractivity contribution in [3.63, 3.8) is 0 Å². The van der Waals surface area contributed by atoms with Crippen LogP contribution in [0.15, 0.2) is 12.1 Å². The lowest BCUT2D eigenvalue weighted by Gasteiger charge is -2.34. The fourth-order valence-electron chi connectivity index (χ4n) is 2.45. The van der Waals surface area contributed by atoms with E-state index < -0.39 is 0 Å². The van der Waals surface area contributed by atoms with Gasteiger partial charge in [0.15, 0.2) is 5.78 Å². The highest BCUT2D eigenvalue weighted by molar-refractivity contribution is 7.18. The summed E-state index contributed by atoms with van der Waals surface area (Å²) in [6.45, 7) is 2.93. The molecular weight excluding hydrogens is 350 g/mol. The first-order valence-corrected chi connectivity index (χ1v) is 9.05. The van der Waals surface area contributed by atoms with E-state index in [4.69, 9.17) is 11.6 Å². The number of hydrogen-bond donors (Lipinski definition) is 0. The highest BCUT2D eigenvalue weighted by Crippen LogP contribution is 2.23. The summed E-state index contributed by atoms with van der Waals surface area (Å²) in [5.41, 5.74) is 0. The van der Waals surface area contributed by atoms with Gasteiger partial charge in [0.2, 0.25) is 11.8 Å². The van der Waals surface area contributed by atoms with Gasteiger partial charge in [0.25, 0.3) is 0 Å². The van der Waals surface area contributed by atoms with Gasteiger partial charge < -0.3 is 9.80 Å². The molecule has 2 rings (SSSR count). The Bertz CT molecular complexity index is 609. The molecule has 1 aliphatic heterocycles. The van der Waals surface area contributed by atoms with Crippen LogP contribution in [0.2, 0.25) is 4.34 Å². The van der Waals surface area contributed by atoms with Crippen LogP contribution in [0, 0.1) is 0 Å². The zero-order chi connectivity index (χ0) is 17.7. The fourth-order valence-corrected chi connectivity index (χ4v) is 3.46. The van der Waals surface area contributed by atoms with Crippen molar-refractivity contribution in [1.29, 1.82) is 0 Å². The number of hydrogen-bond acceptors (Lipinski definition) is 5. The van der Waals surface area contributed by atoms with Crippen LogP contribution in [0.5, 0.6) is 0 Å². The van der Waals surface area contributed by atoms with Gasteiger partial charge in [-0.05, 0) is 12.1 Å². The molecule has 0 N–H and O–H groups in total. The van der Waals surface area contributed by atoms with Crippen LogP contribution in [0.3, 0.4) is 0 Å². The number of likely N-dealkylation sites (N-methyl/N-ethyl adjacent to an activating group) is 1. The third kappa shape index (κ3) is 5.29. The maximum Gasteiger partial charge on any atom is 0.236 e. The molecule has 0 saturated carbocycles. The molecule has 1 aromatic rings. The van der Waals surface area contributed by atoms with Crippen LogP contribution in [0.1, 0.15) is 22.5 Å². The summed E-state index contributed by atoms with van der Waals surface area (Å²) in [5, 5.41) is 0. The quantitative estimate of drug-likeness (QED) is 0.712. The van der Waals surface area contributed by atoms with E-state index in [1.54, 1.807) is 36.0 Å². The number of ketones is 1. The van der Waals surface area contributed by atoms with E-state index in [9.17, 15) is 14.4 Å². The van der Waals surface area contributed by atoms with Crippen molar-refractivity contribution in [1.82, 2.24) is 14.7 Å². The zero-order valence-corrected chi connectivity index (χ0v) is 15.5. The van der Waals surface area contributed by atoms with Gasteiger partial charge in [-0.25, -0.2) is 0 Å². The monoisotopic (exact) mass is 371 g/mol. The normalized spacial score (nSPS) is 15.4. The SMILES string of the molecule is CN(C)C(=O)CN1CCN(C(=O)CCC(=O)c2ccc(Cl)s2)CC1. The average molecular weight is 372 g/mol. The molecule has 0 atom stereocenters. The lowest BCUT2D eigenvalue weighted by Crippen LogP contribution is -2.51. The minimum atomic E-state index is -0.0459. The third-order valence-corrected chi connectivity index (χ3v) is 5.27. The van der Waals surface area contributed by atoms with E-state index in [0.29, 0.717) is 41.9 Å². The minimum Gasteiger partial charge on any atom is -0.348 e. The highest BCUT2D eigenvalue weighted by atomic mass is 35.5. The minimum absolute atomic E-state index is 0.00964. The van der Waals surface area contributed by atoms with E-state index in [1.807, 2.05) is 4.90 Å². The Balaban J connectivity index is 1.73. The van der Waals surface area contributed by atoms with Gasteiger partial charge in [-0.3, -0.25) is 19.3 Å². The van der Waals surface area contributed by atoms with Gasteiger partial charge in [-0.15, -0.1) is 11.3 Å². The Morgan fingerprint density at radius 1 is 1.12 bits per heavy atom. The molecule has 1 fully saturated rings. The summed E-state index contributed by atoms with van der Waals surface area (Å²) >= 11 is 7.06. The van der Waals surface area contributed by atoms with Gasteiger partial charge in [-0.1, -0.05) is 11.6 Å². The second kappa shape index (κ2) is 8.60. The Morgan fingerprint density at radius 3 is 2.33 bits per heavy atom. The van der Waals surface area contributed by atoms with Gasteiger partial charge >= 0.3 is 0 Å². The molecule has 1 aliphatic rings. The number of carbonyl (C=O) groups is 3. The number of nitrogens with zero attached hydrogens (tertiary/aromatic N) is 3. The van der Waals surface area contributed by atoms with Crippen LogP contribution >= 0.6 is 22.9 Å². The lowest BCUT2D eigenvalue weighted by molar-refractivity contribution is -0.134. The number of Topliss-reactive ketones (excluding diaryl/α,β-unsaturated/α-hetero) is 1. The maximum absolute atomic E-state index is 12.2. The smallest absolute Gasteiger partial charge is 0.236 e. The number of carbonyl (C=O) groups excluding carboxylic acids is 3. The molecule has 0 radical (unpaired) electrons. The van der Waals surface area contributed by atoms with Crippen LogP contribution < -0.4 is 0 Å². The van der Waals surface area contributed by atoms with Crippen molar-refractivity contribution in [3.8, 4) is 0 Å². The molecular formula is C16H22ClN3O3S. The summed E-state index contributed by atoms with van der Waals surface area (Å²) < 4.78 is 0.577. The highest BCUT2D eigenvalue weighted by Gasteiger charge is 2.23. The van der Waals surface area contributed by atoms with Crippen LogP contribution in [-0.4, -0.2) is 79.1 Å². The van der Waals surface area contributed by atoms with Crippen molar-refractivity contribution in [2.24, 2.45) is 0 Å². The van der Waals surface area contributed by atoms with Crippen molar-refractivity contribution >= 4 is 40.5 Å². The molecule has 6 nitrogen and oxygen atoms in total. The van der Waals surface area contributed by atoms with Gasteiger partial charge in [0, 0.05) is 53.1 Å². The first-order chi connectivity index (χ1) is 11.4. The van der Waals surface area contributed by atoms with Crippen molar-refractivity contribution in [3.05, 3.63) is 21.3 Å². The Kier molecular flexibility index (Phi) is 6.77.